The Kier molecular flexibility index (Phi) is 4.55. The van der Waals surface area contributed by atoms with Gasteiger partial charge in [0.25, 0.3) is 0 Å². The molecule has 0 fully saturated rings. The van der Waals surface area contributed by atoms with E-state index in [9.17, 15) is 15.0 Å². The second-order valence-electron chi connectivity index (χ2n) is 7.37. The molecule has 0 saturated heterocycles. The van der Waals surface area contributed by atoms with Crippen LogP contribution in [0.1, 0.15) is 52.7 Å². The molecule has 1 heterocycles. The Bertz CT molecular complexity index is 1070. The van der Waals surface area contributed by atoms with Crippen LogP contribution >= 0.6 is 0 Å². The molecule has 0 amide bonds. The minimum atomic E-state index is -0.886. The summed E-state index contributed by atoms with van der Waals surface area (Å²) < 4.78 is 7.21. The molecule has 28 heavy (non-hydrogen) atoms. The van der Waals surface area contributed by atoms with E-state index in [0.717, 1.165) is 39.8 Å². The van der Waals surface area contributed by atoms with E-state index in [0.29, 0.717) is 17.7 Å². The van der Waals surface area contributed by atoms with E-state index in [1.165, 1.54) is 0 Å². The predicted molar refractivity (Wildman–Crippen MR) is 104 cm³/mol. The molecule has 2 unspecified atom stereocenters. The zero-order valence-electron chi connectivity index (χ0n) is 16.1. The van der Waals surface area contributed by atoms with Gasteiger partial charge in [0.05, 0.1) is 19.6 Å². The van der Waals surface area contributed by atoms with Gasteiger partial charge in [-0.15, -0.1) is 5.10 Å². The van der Waals surface area contributed by atoms with Crippen LogP contribution in [0.15, 0.2) is 24.3 Å². The first kappa shape index (κ1) is 18.4. The number of fused-ring (bicyclic) bond motifs is 2. The van der Waals surface area contributed by atoms with Crippen LogP contribution in [0.2, 0.25) is 0 Å². The highest BCUT2D eigenvalue weighted by molar-refractivity contribution is 5.86. The number of ether oxygens (including phenoxy) is 1. The van der Waals surface area contributed by atoms with Crippen molar-refractivity contribution in [2.45, 2.75) is 38.2 Å². The zero-order valence-corrected chi connectivity index (χ0v) is 16.1. The van der Waals surface area contributed by atoms with Gasteiger partial charge in [-0.2, -0.15) is 0 Å². The fraction of sp³-hybridized carbons (Fsp3) is 0.381. The van der Waals surface area contributed by atoms with Crippen LogP contribution in [0.25, 0.3) is 11.0 Å². The second-order valence-corrected chi connectivity index (χ2v) is 7.37. The third-order valence-electron chi connectivity index (χ3n) is 5.73. The van der Waals surface area contributed by atoms with Crippen molar-refractivity contribution in [3.63, 3.8) is 0 Å². The maximum atomic E-state index is 11.7. The summed E-state index contributed by atoms with van der Waals surface area (Å²) in [6.45, 7) is 1.93. The van der Waals surface area contributed by atoms with Gasteiger partial charge in [-0.3, -0.25) is 4.79 Å². The monoisotopic (exact) mass is 381 g/mol. The number of carboxylic acids is 1. The lowest BCUT2D eigenvalue weighted by Crippen LogP contribution is -2.11. The number of methoxy groups -OCH3 is 1. The molecule has 1 aromatic heterocycles. The molecule has 0 aliphatic heterocycles. The number of aromatic nitrogens is 3. The molecular weight excluding hydrogens is 358 g/mol. The summed E-state index contributed by atoms with van der Waals surface area (Å²) in [4.78, 5) is 11.7. The molecule has 3 aromatic rings. The van der Waals surface area contributed by atoms with E-state index < -0.39 is 12.1 Å². The standard InChI is InChI=1S/C21H23N3O4/c1-11-14(9-18(28-3)21-20(11)22-23-24(21)2)15(10-19(26)27)13-5-4-12-6-7-17(25)16(12)8-13/h4-5,8-9,15,17,25H,6-7,10H2,1-3H3,(H,26,27). The lowest BCUT2D eigenvalue weighted by atomic mass is 9.84. The van der Waals surface area contributed by atoms with Gasteiger partial charge in [-0.1, -0.05) is 23.4 Å². The van der Waals surface area contributed by atoms with Crippen molar-refractivity contribution in [1.82, 2.24) is 15.0 Å². The van der Waals surface area contributed by atoms with E-state index in [2.05, 4.69) is 10.3 Å². The predicted octanol–water partition coefficient (Wildman–Crippen LogP) is 2.87. The average molecular weight is 381 g/mol. The van der Waals surface area contributed by atoms with E-state index in [4.69, 9.17) is 4.74 Å². The third kappa shape index (κ3) is 2.92. The van der Waals surface area contributed by atoms with Crippen LogP contribution in [0.5, 0.6) is 5.75 Å². The second kappa shape index (κ2) is 6.91. The van der Waals surface area contributed by atoms with Gasteiger partial charge in [0.2, 0.25) is 0 Å². The van der Waals surface area contributed by atoms with Crippen LogP contribution in [0, 0.1) is 6.92 Å². The number of carbonyl (C=O) groups is 1. The number of hydrogen-bond acceptors (Lipinski definition) is 5. The topological polar surface area (TPSA) is 97.5 Å². The number of nitrogens with zero attached hydrogens (tertiary/aromatic N) is 3. The summed E-state index contributed by atoms with van der Waals surface area (Å²) in [7, 11) is 3.38. The molecule has 4 rings (SSSR count). The van der Waals surface area contributed by atoms with Crippen LogP contribution in [0.3, 0.4) is 0 Å². The van der Waals surface area contributed by atoms with Crippen molar-refractivity contribution in [2.24, 2.45) is 7.05 Å². The van der Waals surface area contributed by atoms with Gasteiger partial charge in [0, 0.05) is 13.0 Å². The van der Waals surface area contributed by atoms with Crippen LogP contribution in [-0.4, -0.2) is 38.3 Å². The van der Waals surface area contributed by atoms with Gasteiger partial charge in [0.1, 0.15) is 16.8 Å². The summed E-state index contributed by atoms with van der Waals surface area (Å²) in [5.74, 6) is -0.653. The quantitative estimate of drug-likeness (QED) is 0.705. The minimum absolute atomic E-state index is 0.0648. The maximum Gasteiger partial charge on any atom is 0.304 e. The highest BCUT2D eigenvalue weighted by atomic mass is 16.5. The first-order chi connectivity index (χ1) is 13.4. The lowest BCUT2D eigenvalue weighted by Gasteiger charge is -2.21. The molecule has 0 radical (unpaired) electrons. The minimum Gasteiger partial charge on any atom is -0.494 e. The summed E-state index contributed by atoms with van der Waals surface area (Å²) >= 11 is 0. The van der Waals surface area contributed by atoms with Gasteiger partial charge in [-0.25, -0.2) is 4.68 Å². The van der Waals surface area contributed by atoms with Crippen molar-refractivity contribution >= 4 is 17.0 Å². The first-order valence-electron chi connectivity index (χ1n) is 9.30. The smallest absolute Gasteiger partial charge is 0.304 e. The molecule has 146 valence electrons. The Morgan fingerprint density at radius 1 is 1.39 bits per heavy atom. The molecule has 7 heteroatoms. The van der Waals surface area contributed by atoms with Crippen molar-refractivity contribution in [3.8, 4) is 5.75 Å². The highest BCUT2D eigenvalue weighted by Gasteiger charge is 2.27. The van der Waals surface area contributed by atoms with Crippen molar-refractivity contribution < 1.29 is 19.7 Å². The summed E-state index contributed by atoms with van der Waals surface area (Å²) in [5, 5.41) is 28.2. The lowest BCUT2D eigenvalue weighted by molar-refractivity contribution is -0.137. The SMILES string of the molecule is COc1cc(C(CC(=O)O)c2ccc3c(c2)C(O)CC3)c(C)c2nnn(C)c12. The molecule has 0 spiro atoms. The van der Waals surface area contributed by atoms with Crippen molar-refractivity contribution in [1.29, 1.82) is 0 Å². The summed E-state index contributed by atoms with van der Waals surface area (Å²) in [6, 6.07) is 7.81. The number of aryl methyl sites for hydroxylation is 3. The fourth-order valence-electron chi connectivity index (χ4n) is 4.26. The molecule has 2 atom stereocenters. The highest BCUT2D eigenvalue weighted by Crippen LogP contribution is 2.40. The Morgan fingerprint density at radius 2 is 2.18 bits per heavy atom. The molecule has 1 aliphatic rings. The van der Waals surface area contributed by atoms with E-state index in [-0.39, 0.29) is 12.3 Å². The first-order valence-corrected chi connectivity index (χ1v) is 9.30. The van der Waals surface area contributed by atoms with E-state index in [1.807, 2.05) is 31.2 Å². The number of rotatable bonds is 5. The Balaban J connectivity index is 1.91. The van der Waals surface area contributed by atoms with Crippen molar-refractivity contribution in [3.05, 3.63) is 52.1 Å². The number of carboxylic acid groups (broad SMARTS) is 1. The average Bonchev–Trinajstić information content (AvgIpc) is 3.24. The molecule has 1 aliphatic carbocycles. The third-order valence-corrected chi connectivity index (χ3v) is 5.73. The van der Waals surface area contributed by atoms with Crippen LogP contribution < -0.4 is 4.74 Å². The van der Waals surface area contributed by atoms with Gasteiger partial charge in [0.15, 0.2) is 0 Å². The molecular formula is C21H23N3O4. The number of aliphatic hydroxyl groups is 1. The Labute approximate surface area is 162 Å². The Hall–Kier alpha value is -2.93. The number of aliphatic carboxylic acids is 1. The van der Waals surface area contributed by atoms with Crippen molar-refractivity contribution in [2.75, 3.05) is 7.11 Å². The largest absolute Gasteiger partial charge is 0.494 e. The molecule has 0 saturated carbocycles. The Morgan fingerprint density at radius 3 is 2.89 bits per heavy atom. The van der Waals surface area contributed by atoms with E-state index in [1.54, 1.807) is 18.8 Å². The van der Waals surface area contributed by atoms with Gasteiger partial charge < -0.3 is 14.9 Å². The number of hydrogen-bond donors (Lipinski definition) is 2. The normalized spacial score (nSPS) is 16.9. The molecule has 7 nitrogen and oxygen atoms in total. The number of benzene rings is 2. The molecule has 2 N–H and O–H groups in total. The van der Waals surface area contributed by atoms with Crippen LogP contribution in [0.4, 0.5) is 0 Å². The fourth-order valence-corrected chi connectivity index (χ4v) is 4.26. The zero-order chi connectivity index (χ0) is 20.0. The molecule has 0 bridgehead atoms. The maximum absolute atomic E-state index is 11.7. The summed E-state index contributed by atoms with van der Waals surface area (Å²) in [6.07, 6.45) is 1.00. The van der Waals surface area contributed by atoms with Crippen LogP contribution in [-0.2, 0) is 18.3 Å². The molecule has 2 aromatic carbocycles. The summed E-state index contributed by atoms with van der Waals surface area (Å²) in [5.41, 5.74) is 6.11. The van der Waals surface area contributed by atoms with Gasteiger partial charge >= 0.3 is 5.97 Å². The number of aliphatic hydroxyl groups excluding tert-OH is 1. The van der Waals surface area contributed by atoms with Gasteiger partial charge in [-0.05, 0) is 53.6 Å². The van der Waals surface area contributed by atoms with E-state index >= 15 is 0 Å².